The molecule has 3 aromatic carbocycles. The van der Waals surface area contributed by atoms with E-state index in [0.717, 1.165) is 42.5 Å². The van der Waals surface area contributed by atoms with E-state index in [9.17, 15) is 14.7 Å². The van der Waals surface area contributed by atoms with Crippen LogP contribution in [0.2, 0.25) is 18.6 Å². The Bertz CT molecular complexity index is 2280. The van der Waals surface area contributed by atoms with Crippen molar-refractivity contribution in [2.45, 2.75) is 96.2 Å². The first-order valence-corrected chi connectivity index (χ1v) is 23.3. The van der Waals surface area contributed by atoms with Crippen molar-refractivity contribution in [1.29, 1.82) is 0 Å². The number of allylic oxidation sites excluding steroid dienone is 3. The second kappa shape index (κ2) is 16.2. The van der Waals surface area contributed by atoms with Crippen LogP contribution < -0.4 is 20.4 Å². The van der Waals surface area contributed by atoms with E-state index in [1.807, 2.05) is 53.4 Å². The number of carbonyl (C=O) groups is 2. The quantitative estimate of drug-likeness (QED) is 0.121. The van der Waals surface area contributed by atoms with E-state index in [0.29, 0.717) is 29.7 Å². The van der Waals surface area contributed by atoms with Gasteiger partial charge in [-0.25, -0.2) is 0 Å². The highest BCUT2D eigenvalue weighted by atomic mass is 28.3. The first-order chi connectivity index (χ1) is 27.3. The molecule has 0 radical (unpaired) electrons. The van der Waals surface area contributed by atoms with Gasteiger partial charge in [-0.1, -0.05) is 78.8 Å². The third-order valence-electron chi connectivity index (χ3n) is 12.8. The third-order valence-corrected chi connectivity index (χ3v) is 17.1. The molecule has 3 aliphatic rings. The number of aliphatic hydroxyl groups excluding tert-OH is 1. The summed E-state index contributed by atoms with van der Waals surface area (Å²) in [5.41, 5.74) is 2.57. The molecule has 0 bridgehead atoms. The molecule has 0 unspecified atom stereocenters. The van der Waals surface area contributed by atoms with Gasteiger partial charge < -0.3 is 24.4 Å². The number of aromatic nitrogens is 2. The predicted molar refractivity (Wildman–Crippen MR) is 228 cm³/mol. The number of likely N-dealkylation sites (tertiary alicyclic amines) is 1. The standard InChI is InChI=1S/C46H56N4O6Si/c1-30(2)12-10-13-31(3)23-25-49-40-22-17-34(50-44(53)38-16-9-8-14-33(38)28-47-50)26-39(40)46(45(49)54)32(4)43(57(6,7)37-20-18-36(55-5)19-21-37)41(56-46)27-42(52)48-24-11-15-35(48)29-51/h8-9,12,14,16-23,26,28,32,35,41,43,51H,10-11,13,15,24-25,27,29H2,1-7H3/b31-23+/t32-,35-,41+,43-,46+/m0/s1. The van der Waals surface area contributed by atoms with Crippen molar-refractivity contribution in [1.82, 2.24) is 14.7 Å². The molecule has 2 fully saturated rings. The van der Waals surface area contributed by atoms with E-state index < -0.39 is 19.8 Å². The molecule has 0 aliphatic carbocycles. The highest BCUT2D eigenvalue weighted by Crippen LogP contribution is 2.60. The fourth-order valence-corrected chi connectivity index (χ4v) is 13.7. The molecule has 300 valence electrons. The van der Waals surface area contributed by atoms with Gasteiger partial charge in [-0.2, -0.15) is 9.78 Å². The van der Waals surface area contributed by atoms with Crippen molar-refractivity contribution in [3.05, 3.63) is 112 Å². The molecule has 0 saturated carbocycles. The van der Waals surface area contributed by atoms with Crippen molar-refractivity contribution in [2.75, 3.05) is 31.7 Å². The van der Waals surface area contributed by atoms with Gasteiger partial charge in [-0.05, 0) is 88.4 Å². The van der Waals surface area contributed by atoms with E-state index in [2.05, 4.69) is 70.2 Å². The van der Waals surface area contributed by atoms with Crippen molar-refractivity contribution >= 4 is 41.5 Å². The zero-order valence-corrected chi connectivity index (χ0v) is 35.3. The Labute approximate surface area is 336 Å². The molecule has 4 aromatic rings. The normalized spacial score (nSPS) is 23.4. The summed E-state index contributed by atoms with van der Waals surface area (Å²) in [5.74, 6) is 0.185. The van der Waals surface area contributed by atoms with Crippen LogP contribution in [0.25, 0.3) is 16.5 Å². The highest BCUT2D eigenvalue weighted by molar-refractivity contribution is 6.91. The third kappa shape index (κ3) is 7.30. The number of anilines is 1. The molecule has 4 heterocycles. The van der Waals surface area contributed by atoms with Crippen LogP contribution in [0, 0.1) is 5.92 Å². The number of ether oxygens (including phenoxy) is 2. The Morgan fingerprint density at radius 3 is 2.53 bits per heavy atom. The molecule has 3 aliphatic heterocycles. The summed E-state index contributed by atoms with van der Waals surface area (Å²) >= 11 is 0. The summed E-state index contributed by atoms with van der Waals surface area (Å²) in [6, 6.07) is 21.0. The lowest BCUT2D eigenvalue weighted by Gasteiger charge is -2.37. The van der Waals surface area contributed by atoms with Gasteiger partial charge in [0.15, 0.2) is 5.60 Å². The topological polar surface area (TPSA) is 114 Å². The van der Waals surface area contributed by atoms with E-state index in [-0.39, 0.29) is 47.9 Å². The summed E-state index contributed by atoms with van der Waals surface area (Å²) in [6.07, 6.45) is 8.95. The minimum Gasteiger partial charge on any atom is -0.497 e. The van der Waals surface area contributed by atoms with Crippen molar-refractivity contribution in [3.8, 4) is 11.4 Å². The van der Waals surface area contributed by atoms with Crippen LogP contribution >= 0.6 is 0 Å². The Balaban J connectivity index is 1.36. The lowest BCUT2D eigenvalue weighted by atomic mass is 9.82. The molecule has 2 saturated heterocycles. The average molecular weight is 789 g/mol. The van der Waals surface area contributed by atoms with Gasteiger partial charge in [0.1, 0.15) is 5.75 Å². The number of carbonyl (C=O) groups excluding carboxylic acids is 2. The summed E-state index contributed by atoms with van der Waals surface area (Å²) in [7, 11) is -0.889. The molecule has 5 atom stereocenters. The molecule has 57 heavy (non-hydrogen) atoms. The molecule has 1 N–H and O–H groups in total. The van der Waals surface area contributed by atoms with E-state index in [1.54, 1.807) is 24.3 Å². The van der Waals surface area contributed by atoms with Crippen molar-refractivity contribution in [3.63, 3.8) is 0 Å². The molecule has 2 amide bonds. The van der Waals surface area contributed by atoms with Gasteiger partial charge in [0.25, 0.3) is 11.5 Å². The summed E-state index contributed by atoms with van der Waals surface area (Å²) < 4.78 is 14.2. The van der Waals surface area contributed by atoms with Crippen molar-refractivity contribution in [2.24, 2.45) is 5.92 Å². The Morgan fingerprint density at radius 1 is 1.05 bits per heavy atom. The smallest absolute Gasteiger partial charge is 0.279 e. The Kier molecular flexibility index (Phi) is 11.5. The number of benzene rings is 3. The van der Waals surface area contributed by atoms with Crippen LogP contribution in [-0.4, -0.2) is 78.6 Å². The van der Waals surface area contributed by atoms with Crippen LogP contribution in [-0.2, 0) is 19.9 Å². The van der Waals surface area contributed by atoms with Gasteiger partial charge in [0.2, 0.25) is 5.91 Å². The fraction of sp³-hybridized carbons (Fsp3) is 0.435. The molecular weight excluding hydrogens is 733 g/mol. The summed E-state index contributed by atoms with van der Waals surface area (Å²) in [4.78, 5) is 47.2. The summed E-state index contributed by atoms with van der Waals surface area (Å²) in [5, 5.41) is 17.2. The average Bonchev–Trinajstić information content (AvgIpc) is 3.87. The van der Waals surface area contributed by atoms with Gasteiger partial charge in [-0.15, -0.1) is 0 Å². The number of hydrogen-bond acceptors (Lipinski definition) is 7. The number of methoxy groups -OCH3 is 1. The minimum atomic E-state index is -2.54. The summed E-state index contributed by atoms with van der Waals surface area (Å²) in [6.45, 7) is 13.9. The molecule has 1 spiro atoms. The van der Waals surface area contributed by atoms with E-state index in [4.69, 9.17) is 9.47 Å². The molecular formula is C46H56N4O6Si. The number of amides is 2. The Morgan fingerprint density at radius 2 is 1.81 bits per heavy atom. The lowest BCUT2D eigenvalue weighted by molar-refractivity contribution is -0.149. The molecule has 7 rings (SSSR count). The number of fused-ring (bicyclic) bond motifs is 3. The number of aliphatic hydroxyl groups is 1. The molecule has 11 heteroatoms. The lowest BCUT2D eigenvalue weighted by Crippen LogP contribution is -2.52. The maximum absolute atomic E-state index is 15.4. The van der Waals surface area contributed by atoms with Gasteiger partial charge in [0, 0.05) is 30.0 Å². The predicted octanol–water partition coefficient (Wildman–Crippen LogP) is 7.02. The van der Waals surface area contributed by atoms with Crippen LogP contribution in [0.5, 0.6) is 5.75 Å². The first-order valence-electron chi connectivity index (χ1n) is 20.3. The van der Waals surface area contributed by atoms with Gasteiger partial charge >= 0.3 is 0 Å². The van der Waals surface area contributed by atoms with Crippen LogP contribution in [0.4, 0.5) is 5.69 Å². The van der Waals surface area contributed by atoms with E-state index in [1.165, 1.54) is 21.0 Å². The van der Waals surface area contributed by atoms with Gasteiger partial charge in [0.05, 0.1) is 63.3 Å². The molecule has 10 nitrogen and oxygen atoms in total. The highest BCUT2D eigenvalue weighted by Gasteiger charge is 2.66. The molecule has 1 aromatic heterocycles. The number of nitrogens with zero attached hydrogens (tertiary/aromatic N) is 4. The van der Waals surface area contributed by atoms with Crippen LogP contribution in [0.15, 0.2) is 101 Å². The zero-order chi connectivity index (χ0) is 40.6. The number of hydrogen-bond donors (Lipinski definition) is 1. The monoisotopic (exact) mass is 788 g/mol. The first kappa shape index (κ1) is 40.4. The van der Waals surface area contributed by atoms with Crippen LogP contribution in [0.1, 0.15) is 65.4 Å². The number of rotatable bonds is 12. The fourth-order valence-electron chi connectivity index (χ4n) is 9.67. The minimum absolute atomic E-state index is 0.0663. The SMILES string of the molecule is COc1ccc([Si](C)(C)[C@@H]2[C@@H](CC(=O)N3CCC[C@H]3CO)O[C@]3(C(=O)N(C/C=C(\C)CCC=C(C)C)c4ccc(-n5ncc6ccccc6c5=O)cc43)[C@H]2C)cc1. The zero-order valence-electron chi connectivity index (χ0n) is 34.3. The van der Waals surface area contributed by atoms with Crippen molar-refractivity contribution < 1.29 is 24.2 Å². The van der Waals surface area contributed by atoms with E-state index >= 15 is 4.79 Å². The Hall–Kier alpha value is -4.84. The second-order valence-electron chi connectivity index (χ2n) is 16.9. The van der Waals surface area contributed by atoms with Crippen LogP contribution in [0.3, 0.4) is 0 Å². The second-order valence-corrected chi connectivity index (χ2v) is 21.6. The largest absolute Gasteiger partial charge is 0.497 e. The maximum atomic E-state index is 15.4. The maximum Gasteiger partial charge on any atom is 0.279 e. The van der Waals surface area contributed by atoms with Gasteiger partial charge in [-0.3, -0.25) is 14.4 Å².